The van der Waals surface area contributed by atoms with Crippen LogP contribution >= 0.6 is 11.6 Å². The summed E-state index contributed by atoms with van der Waals surface area (Å²) in [6, 6.07) is 0. The first kappa shape index (κ1) is 14.8. The van der Waals surface area contributed by atoms with Gasteiger partial charge in [0.2, 0.25) is 0 Å². The van der Waals surface area contributed by atoms with E-state index in [2.05, 4.69) is 36.1 Å². The lowest BCUT2D eigenvalue weighted by Crippen LogP contribution is -2.58. The van der Waals surface area contributed by atoms with Gasteiger partial charge in [0.1, 0.15) is 0 Å². The van der Waals surface area contributed by atoms with Crippen LogP contribution in [0.1, 0.15) is 38.6 Å². The second-order valence-electron chi connectivity index (χ2n) is 5.63. The van der Waals surface area contributed by atoms with Crippen LogP contribution in [0.4, 0.5) is 0 Å². The van der Waals surface area contributed by atoms with Gasteiger partial charge in [-0.2, -0.15) is 5.10 Å². The Kier molecular flexibility index (Phi) is 4.54. The van der Waals surface area contributed by atoms with E-state index in [1.807, 2.05) is 11.7 Å². The SMILES string of the molecule is CCc1nn(C)c(CN2CCNCC2(C)CC)c1Cl. The molecule has 2 rings (SSSR count). The first-order valence-electron chi connectivity index (χ1n) is 7.18. The summed E-state index contributed by atoms with van der Waals surface area (Å²) >= 11 is 6.46. The second-order valence-corrected chi connectivity index (χ2v) is 6.01. The Balaban J connectivity index is 2.22. The smallest absolute Gasteiger partial charge is 0.0863 e. The standard InChI is InChI=1S/C14H25ClN4/c1-5-11-13(15)12(18(4)17-11)9-19-8-7-16-10-14(19,3)6-2/h16H,5-10H2,1-4H3. The summed E-state index contributed by atoms with van der Waals surface area (Å²) in [5.41, 5.74) is 2.35. The lowest BCUT2D eigenvalue weighted by atomic mass is 9.94. The third-order valence-corrected chi connectivity index (χ3v) is 4.87. The second kappa shape index (κ2) is 5.81. The third-order valence-electron chi connectivity index (χ3n) is 4.43. The number of nitrogens with one attached hydrogen (secondary N) is 1. The fraction of sp³-hybridized carbons (Fsp3) is 0.786. The molecular formula is C14H25ClN4. The van der Waals surface area contributed by atoms with Crippen molar-refractivity contribution < 1.29 is 0 Å². The van der Waals surface area contributed by atoms with Gasteiger partial charge >= 0.3 is 0 Å². The third kappa shape index (κ3) is 2.81. The average molecular weight is 285 g/mol. The average Bonchev–Trinajstić information content (AvgIpc) is 2.68. The van der Waals surface area contributed by atoms with E-state index >= 15 is 0 Å². The Morgan fingerprint density at radius 2 is 2.16 bits per heavy atom. The minimum atomic E-state index is 0.207. The van der Waals surface area contributed by atoms with Crippen molar-refractivity contribution in [2.45, 2.75) is 45.7 Å². The summed E-state index contributed by atoms with van der Waals surface area (Å²) in [6.07, 6.45) is 2.02. The summed E-state index contributed by atoms with van der Waals surface area (Å²) in [5, 5.41) is 8.85. The van der Waals surface area contributed by atoms with Crippen molar-refractivity contribution >= 4 is 11.6 Å². The molecule has 1 aromatic heterocycles. The highest BCUT2D eigenvalue weighted by molar-refractivity contribution is 6.31. The number of halogens is 1. The van der Waals surface area contributed by atoms with Crippen LogP contribution < -0.4 is 5.32 Å². The molecule has 0 bridgehead atoms. The van der Waals surface area contributed by atoms with E-state index in [-0.39, 0.29) is 5.54 Å². The maximum Gasteiger partial charge on any atom is 0.0863 e. The molecule has 0 spiro atoms. The van der Waals surface area contributed by atoms with Crippen LogP contribution in [0.15, 0.2) is 0 Å². The minimum Gasteiger partial charge on any atom is -0.314 e. The molecule has 1 aromatic rings. The number of aryl methyl sites for hydroxylation is 2. The highest BCUT2D eigenvalue weighted by Crippen LogP contribution is 2.27. The molecule has 1 N–H and O–H groups in total. The van der Waals surface area contributed by atoms with Gasteiger partial charge in [0.15, 0.2) is 0 Å². The molecule has 0 amide bonds. The number of hydrogen-bond acceptors (Lipinski definition) is 3. The summed E-state index contributed by atoms with van der Waals surface area (Å²) < 4.78 is 1.94. The van der Waals surface area contributed by atoms with E-state index in [1.165, 1.54) is 0 Å². The zero-order valence-corrected chi connectivity index (χ0v) is 13.2. The normalized spacial score (nSPS) is 24.9. The lowest BCUT2D eigenvalue weighted by molar-refractivity contribution is 0.0614. The number of rotatable bonds is 4. The molecule has 108 valence electrons. The van der Waals surface area contributed by atoms with Gasteiger partial charge in [-0.1, -0.05) is 25.4 Å². The van der Waals surface area contributed by atoms with Crippen molar-refractivity contribution in [2.24, 2.45) is 7.05 Å². The minimum absolute atomic E-state index is 0.207. The maximum atomic E-state index is 6.46. The molecule has 1 unspecified atom stereocenters. The van der Waals surface area contributed by atoms with Gasteiger partial charge in [-0.15, -0.1) is 0 Å². The van der Waals surface area contributed by atoms with Gasteiger partial charge in [-0.3, -0.25) is 9.58 Å². The zero-order valence-electron chi connectivity index (χ0n) is 12.5. The largest absolute Gasteiger partial charge is 0.314 e. The van der Waals surface area contributed by atoms with Crippen LogP contribution in [0.2, 0.25) is 5.02 Å². The Hall–Kier alpha value is -0.580. The fourth-order valence-corrected chi connectivity index (χ4v) is 3.10. The van der Waals surface area contributed by atoms with Crippen molar-refractivity contribution in [1.29, 1.82) is 0 Å². The van der Waals surface area contributed by atoms with E-state index < -0.39 is 0 Å². The van der Waals surface area contributed by atoms with Crippen LogP contribution in [0.3, 0.4) is 0 Å². The Labute approximate surface area is 121 Å². The summed E-state index contributed by atoms with van der Waals surface area (Å²) in [4.78, 5) is 2.53. The van der Waals surface area contributed by atoms with Gasteiger partial charge in [-0.25, -0.2) is 0 Å². The van der Waals surface area contributed by atoms with Crippen LogP contribution in [0, 0.1) is 0 Å². The number of hydrogen-bond donors (Lipinski definition) is 1. The topological polar surface area (TPSA) is 33.1 Å². The zero-order chi connectivity index (χ0) is 14.0. The molecule has 0 aliphatic carbocycles. The molecule has 5 heteroatoms. The maximum absolute atomic E-state index is 6.46. The van der Waals surface area contributed by atoms with Gasteiger partial charge < -0.3 is 5.32 Å². The molecule has 0 saturated carbocycles. The molecular weight excluding hydrogens is 260 g/mol. The van der Waals surface area contributed by atoms with Crippen molar-refractivity contribution in [3.63, 3.8) is 0 Å². The van der Waals surface area contributed by atoms with E-state index in [0.717, 1.165) is 55.4 Å². The Morgan fingerprint density at radius 3 is 2.74 bits per heavy atom. The molecule has 2 heterocycles. The van der Waals surface area contributed by atoms with Crippen molar-refractivity contribution in [2.75, 3.05) is 19.6 Å². The Bertz CT molecular complexity index is 443. The van der Waals surface area contributed by atoms with Crippen LogP contribution in [0.5, 0.6) is 0 Å². The van der Waals surface area contributed by atoms with Crippen LogP contribution in [-0.4, -0.2) is 39.9 Å². The summed E-state index contributed by atoms with van der Waals surface area (Å²) in [6.45, 7) is 10.7. The van der Waals surface area contributed by atoms with Crippen LogP contribution in [-0.2, 0) is 20.0 Å². The molecule has 0 aromatic carbocycles. The van der Waals surface area contributed by atoms with Crippen LogP contribution in [0.25, 0.3) is 0 Å². The Morgan fingerprint density at radius 1 is 1.42 bits per heavy atom. The molecule has 1 atom stereocenters. The number of piperazine rings is 1. The van der Waals surface area contributed by atoms with Crippen molar-refractivity contribution in [1.82, 2.24) is 20.0 Å². The molecule has 1 fully saturated rings. The molecule has 1 saturated heterocycles. The molecule has 1 aliphatic heterocycles. The highest BCUT2D eigenvalue weighted by Gasteiger charge is 2.33. The number of nitrogens with zero attached hydrogens (tertiary/aromatic N) is 3. The van der Waals surface area contributed by atoms with Gasteiger partial charge in [0.05, 0.1) is 16.4 Å². The van der Waals surface area contributed by atoms with Gasteiger partial charge in [0.25, 0.3) is 0 Å². The predicted octanol–water partition coefficient (Wildman–Crippen LogP) is 2.21. The predicted molar refractivity (Wildman–Crippen MR) is 79.6 cm³/mol. The van der Waals surface area contributed by atoms with Gasteiger partial charge in [0, 0.05) is 38.8 Å². The summed E-state index contributed by atoms with van der Waals surface area (Å²) in [5.74, 6) is 0. The molecule has 0 radical (unpaired) electrons. The first-order valence-corrected chi connectivity index (χ1v) is 7.55. The lowest BCUT2D eigenvalue weighted by Gasteiger charge is -2.45. The molecule has 19 heavy (non-hydrogen) atoms. The van der Waals surface area contributed by atoms with E-state index in [4.69, 9.17) is 11.6 Å². The van der Waals surface area contributed by atoms with Gasteiger partial charge in [-0.05, 0) is 19.8 Å². The summed E-state index contributed by atoms with van der Waals surface area (Å²) in [7, 11) is 1.99. The monoisotopic (exact) mass is 284 g/mol. The molecule has 4 nitrogen and oxygen atoms in total. The fourth-order valence-electron chi connectivity index (χ4n) is 2.74. The first-order chi connectivity index (χ1) is 9.01. The highest BCUT2D eigenvalue weighted by atomic mass is 35.5. The van der Waals surface area contributed by atoms with E-state index in [9.17, 15) is 0 Å². The van der Waals surface area contributed by atoms with Crippen molar-refractivity contribution in [3.05, 3.63) is 16.4 Å². The van der Waals surface area contributed by atoms with Crippen molar-refractivity contribution in [3.8, 4) is 0 Å². The quantitative estimate of drug-likeness (QED) is 0.920. The molecule has 1 aliphatic rings. The van der Waals surface area contributed by atoms with E-state index in [0.29, 0.717) is 0 Å². The van der Waals surface area contributed by atoms with E-state index in [1.54, 1.807) is 0 Å². The number of aromatic nitrogens is 2.